The predicted octanol–water partition coefficient (Wildman–Crippen LogP) is -2.59. The molecule has 0 aliphatic heterocycles. The van der Waals surface area contributed by atoms with Crippen molar-refractivity contribution in [3.05, 3.63) is 29.8 Å². The number of benzene rings is 1. The van der Waals surface area contributed by atoms with E-state index < -0.39 is 97.8 Å². The second kappa shape index (κ2) is 15.5. The number of hydrogen-bond donors (Lipinski definition) is 9. The summed E-state index contributed by atoms with van der Waals surface area (Å²) in [5, 5.41) is 43.1. The number of carboxylic acid groups (broad SMARTS) is 3. The minimum Gasteiger partial charge on any atom is -0.508 e. The Hall–Kier alpha value is -4.73. The van der Waals surface area contributed by atoms with E-state index in [1.54, 1.807) is 0 Å². The molecule has 0 spiro atoms. The van der Waals surface area contributed by atoms with Gasteiger partial charge in [-0.1, -0.05) is 12.1 Å². The number of phenols is 1. The normalized spacial score (nSPS) is 13.7. The minimum atomic E-state index is -1.76. The minimum absolute atomic E-state index is 0.000530. The maximum atomic E-state index is 13.0. The average Bonchev–Trinajstić information content (AvgIpc) is 2.84. The van der Waals surface area contributed by atoms with Crippen LogP contribution in [0.15, 0.2) is 24.3 Å². The van der Waals surface area contributed by atoms with E-state index in [2.05, 4.69) is 10.6 Å². The van der Waals surface area contributed by atoms with Crippen molar-refractivity contribution in [1.29, 1.82) is 0 Å². The number of hydrogen-bond acceptors (Lipinski definition) is 9. The lowest BCUT2D eigenvalue weighted by Crippen LogP contribution is -2.57. The Balaban J connectivity index is 3.04. The Labute approximate surface area is 221 Å². The van der Waals surface area contributed by atoms with Crippen LogP contribution in [0.5, 0.6) is 5.75 Å². The Morgan fingerprint density at radius 1 is 0.718 bits per heavy atom. The maximum Gasteiger partial charge on any atom is 0.326 e. The molecule has 16 heteroatoms. The van der Waals surface area contributed by atoms with Gasteiger partial charge in [-0.05, 0) is 37.0 Å². The van der Waals surface area contributed by atoms with Crippen molar-refractivity contribution in [3.8, 4) is 5.75 Å². The molecule has 4 atom stereocenters. The van der Waals surface area contributed by atoms with Crippen LogP contribution >= 0.6 is 0 Å². The van der Waals surface area contributed by atoms with Gasteiger partial charge in [0.05, 0.1) is 12.5 Å². The summed E-state index contributed by atoms with van der Waals surface area (Å²) in [4.78, 5) is 82.9. The van der Waals surface area contributed by atoms with E-state index in [1.165, 1.54) is 24.3 Å². The first-order valence-corrected chi connectivity index (χ1v) is 11.6. The van der Waals surface area contributed by atoms with Crippen LogP contribution in [0.4, 0.5) is 0 Å². The lowest BCUT2D eigenvalue weighted by atomic mass is 10.0. The molecule has 1 rings (SSSR count). The standard InChI is InChI=1S/C23H31N5O11/c24-13(9-11-1-3-12(29)4-2-11)20(35)26-14(5-7-18(31)32)21(36)27-15(6-8-19(33)34)22(37)28-16(23(38)39)10-17(25)30/h1-4,13-16,29H,5-10,24H2,(H2,25,30)(H,26,35)(H,27,36)(H,28,37)(H,31,32)(H,33,34)(H,38,39). The number of carbonyl (C=O) groups is 7. The molecule has 0 saturated carbocycles. The van der Waals surface area contributed by atoms with Gasteiger partial charge in [-0.15, -0.1) is 0 Å². The zero-order valence-corrected chi connectivity index (χ0v) is 20.7. The van der Waals surface area contributed by atoms with Crippen LogP contribution in [0.3, 0.4) is 0 Å². The number of carboxylic acids is 3. The largest absolute Gasteiger partial charge is 0.508 e. The molecule has 11 N–H and O–H groups in total. The molecule has 0 aliphatic carbocycles. The molecule has 214 valence electrons. The molecular formula is C23H31N5O11. The van der Waals surface area contributed by atoms with E-state index in [-0.39, 0.29) is 12.2 Å². The number of amides is 4. The van der Waals surface area contributed by atoms with Crippen molar-refractivity contribution in [2.75, 3.05) is 0 Å². The Morgan fingerprint density at radius 3 is 1.56 bits per heavy atom. The summed E-state index contributed by atoms with van der Waals surface area (Å²) >= 11 is 0. The Bertz CT molecular complexity index is 1080. The fourth-order valence-electron chi connectivity index (χ4n) is 3.28. The third-order valence-electron chi connectivity index (χ3n) is 5.31. The number of nitrogens with one attached hydrogen (secondary N) is 3. The van der Waals surface area contributed by atoms with Crippen LogP contribution in [0.25, 0.3) is 0 Å². The van der Waals surface area contributed by atoms with Crippen LogP contribution < -0.4 is 27.4 Å². The summed E-state index contributed by atoms with van der Waals surface area (Å²) in [6, 6.07) is -0.297. The van der Waals surface area contributed by atoms with Crippen molar-refractivity contribution in [3.63, 3.8) is 0 Å². The first-order chi connectivity index (χ1) is 18.2. The Kier molecular flexibility index (Phi) is 12.8. The summed E-state index contributed by atoms with van der Waals surface area (Å²) in [5.74, 6) is -8.36. The van der Waals surface area contributed by atoms with Crippen LogP contribution in [-0.2, 0) is 40.0 Å². The van der Waals surface area contributed by atoms with Crippen LogP contribution in [0.1, 0.15) is 37.7 Å². The van der Waals surface area contributed by atoms with E-state index in [4.69, 9.17) is 21.7 Å². The van der Waals surface area contributed by atoms with Crippen LogP contribution in [-0.4, -0.2) is 86.1 Å². The third-order valence-corrected chi connectivity index (χ3v) is 5.31. The summed E-state index contributed by atoms with van der Waals surface area (Å²) in [6.07, 6.45) is -2.91. The van der Waals surface area contributed by atoms with Gasteiger partial charge in [0.2, 0.25) is 23.6 Å². The molecule has 0 heterocycles. The van der Waals surface area contributed by atoms with E-state index in [0.717, 1.165) is 0 Å². The maximum absolute atomic E-state index is 13.0. The van der Waals surface area contributed by atoms with Gasteiger partial charge in [0, 0.05) is 12.8 Å². The zero-order valence-electron chi connectivity index (χ0n) is 20.7. The smallest absolute Gasteiger partial charge is 0.326 e. The van der Waals surface area contributed by atoms with Crippen LogP contribution in [0, 0.1) is 0 Å². The number of nitrogens with two attached hydrogens (primary N) is 2. The summed E-state index contributed by atoms with van der Waals surface area (Å²) in [6.45, 7) is 0. The first kappa shape index (κ1) is 32.3. The van der Waals surface area contributed by atoms with E-state index >= 15 is 0 Å². The van der Waals surface area contributed by atoms with Gasteiger partial charge < -0.3 is 47.8 Å². The van der Waals surface area contributed by atoms with Crippen molar-refractivity contribution in [2.24, 2.45) is 11.5 Å². The molecule has 4 amide bonds. The fourth-order valence-corrected chi connectivity index (χ4v) is 3.28. The number of phenolic OH excluding ortho intramolecular Hbond substituents is 1. The first-order valence-electron chi connectivity index (χ1n) is 11.6. The van der Waals surface area contributed by atoms with Gasteiger partial charge in [0.1, 0.15) is 23.9 Å². The lowest BCUT2D eigenvalue weighted by molar-refractivity contribution is -0.144. The Morgan fingerprint density at radius 2 is 1.15 bits per heavy atom. The topological polar surface area (TPSA) is 289 Å². The molecule has 4 unspecified atom stereocenters. The number of carbonyl (C=O) groups excluding carboxylic acids is 4. The van der Waals surface area contributed by atoms with E-state index in [0.29, 0.717) is 5.56 Å². The molecule has 16 nitrogen and oxygen atoms in total. The van der Waals surface area contributed by atoms with Crippen molar-refractivity contribution >= 4 is 41.5 Å². The second-order valence-electron chi connectivity index (χ2n) is 8.53. The highest BCUT2D eigenvalue weighted by molar-refractivity contribution is 5.95. The highest BCUT2D eigenvalue weighted by Crippen LogP contribution is 2.11. The van der Waals surface area contributed by atoms with E-state index in [9.17, 15) is 43.8 Å². The third kappa shape index (κ3) is 12.4. The summed E-state index contributed by atoms with van der Waals surface area (Å²) in [5.41, 5.74) is 11.5. The molecule has 0 radical (unpaired) electrons. The average molecular weight is 554 g/mol. The predicted molar refractivity (Wildman–Crippen MR) is 131 cm³/mol. The van der Waals surface area contributed by atoms with Crippen molar-refractivity contribution in [2.45, 2.75) is 62.7 Å². The van der Waals surface area contributed by atoms with Crippen molar-refractivity contribution < 1.29 is 54.0 Å². The SMILES string of the molecule is NC(=O)CC(NC(=O)C(CCC(=O)O)NC(=O)C(CCC(=O)O)NC(=O)C(N)Cc1ccc(O)cc1)C(=O)O. The van der Waals surface area contributed by atoms with Crippen LogP contribution in [0.2, 0.25) is 0 Å². The molecule has 0 bridgehead atoms. The molecule has 1 aromatic carbocycles. The monoisotopic (exact) mass is 553 g/mol. The number of aromatic hydroxyl groups is 1. The molecule has 0 aromatic heterocycles. The van der Waals surface area contributed by atoms with Gasteiger partial charge in [0.25, 0.3) is 0 Å². The molecule has 0 saturated heterocycles. The fraction of sp³-hybridized carbons (Fsp3) is 0.435. The summed E-state index contributed by atoms with van der Waals surface area (Å²) < 4.78 is 0. The zero-order chi connectivity index (χ0) is 29.7. The quantitative estimate of drug-likeness (QED) is 0.0960. The number of primary amides is 1. The second-order valence-corrected chi connectivity index (χ2v) is 8.53. The van der Waals surface area contributed by atoms with E-state index in [1.807, 2.05) is 5.32 Å². The van der Waals surface area contributed by atoms with Gasteiger partial charge >= 0.3 is 17.9 Å². The van der Waals surface area contributed by atoms with Gasteiger partial charge in [-0.2, -0.15) is 0 Å². The van der Waals surface area contributed by atoms with Crippen molar-refractivity contribution in [1.82, 2.24) is 16.0 Å². The number of rotatable bonds is 17. The van der Waals surface area contributed by atoms with Gasteiger partial charge in [-0.25, -0.2) is 4.79 Å². The highest BCUT2D eigenvalue weighted by atomic mass is 16.4. The molecule has 0 fully saturated rings. The molecule has 0 aliphatic rings. The molecule has 1 aromatic rings. The number of aliphatic carboxylic acids is 3. The van der Waals surface area contributed by atoms with Gasteiger partial charge in [-0.3, -0.25) is 28.8 Å². The summed E-state index contributed by atoms with van der Waals surface area (Å²) in [7, 11) is 0. The molecule has 39 heavy (non-hydrogen) atoms. The highest BCUT2D eigenvalue weighted by Gasteiger charge is 2.31. The molecular weight excluding hydrogens is 522 g/mol. The van der Waals surface area contributed by atoms with Gasteiger partial charge in [0.15, 0.2) is 0 Å². The lowest BCUT2D eigenvalue weighted by Gasteiger charge is -2.24.